The third kappa shape index (κ3) is 6.94. The second-order valence-corrected chi connectivity index (χ2v) is 6.89. The molecule has 0 aliphatic rings. The molecule has 0 aliphatic heterocycles. The lowest BCUT2D eigenvalue weighted by atomic mass is 10.2. The van der Waals surface area contributed by atoms with E-state index in [2.05, 4.69) is 12.2 Å². The Morgan fingerprint density at radius 2 is 1.86 bits per heavy atom. The Morgan fingerprint density at radius 1 is 1.11 bits per heavy atom. The summed E-state index contributed by atoms with van der Waals surface area (Å²) in [6, 6.07) is 15.0. The highest BCUT2D eigenvalue weighted by atomic mass is 32.1. The van der Waals surface area contributed by atoms with Gasteiger partial charge in [0.15, 0.2) is 0 Å². The van der Waals surface area contributed by atoms with Gasteiger partial charge in [-0.15, -0.1) is 0 Å². The van der Waals surface area contributed by atoms with E-state index in [0.29, 0.717) is 25.5 Å². The van der Waals surface area contributed by atoms with Gasteiger partial charge in [-0.2, -0.15) is 0 Å². The van der Waals surface area contributed by atoms with Crippen molar-refractivity contribution in [2.75, 3.05) is 30.0 Å². The third-order valence-corrected chi connectivity index (χ3v) is 4.41. The van der Waals surface area contributed by atoms with Crippen molar-refractivity contribution in [2.45, 2.75) is 33.6 Å². The Kier molecular flexibility index (Phi) is 8.91. The van der Waals surface area contributed by atoms with Crippen LogP contribution >= 0.6 is 12.2 Å². The molecular weight excluding hydrogens is 372 g/mol. The van der Waals surface area contributed by atoms with E-state index in [1.54, 1.807) is 17.0 Å². The maximum absolute atomic E-state index is 12.9. The fourth-order valence-corrected chi connectivity index (χ4v) is 2.61. The van der Waals surface area contributed by atoms with Crippen molar-refractivity contribution in [3.8, 4) is 5.75 Å². The zero-order valence-corrected chi connectivity index (χ0v) is 17.6. The van der Waals surface area contributed by atoms with Gasteiger partial charge < -0.3 is 14.8 Å². The Morgan fingerprint density at radius 3 is 2.54 bits per heavy atom. The average molecular weight is 401 g/mol. The lowest BCUT2D eigenvalue weighted by Gasteiger charge is -2.22. The van der Waals surface area contributed by atoms with Gasteiger partial charge >= 0.3 is 6.09 Å². The van der Waals surface area contributed by atoms with Gasteiger partial charge in [-0.25, -0.2) is 4.79 Å². The Bertz CT molecular complexity index is 778. The number of ether oxygens (including phenoxy) is 2. The Balaban J connectivity index is 2.11. The van der Waals surface area contributed by atoms with Crippen LogP contribution in [-0.2, 0) is 4.74 Å². The van der Waals surface area contributed by atoms with Crippen LogP contribution in [0.3, 0.4) is 0 Å². The SMILES string of the molecule is CCCOCCN(C(=O)Oc1cccc(NC(=S)CC)c1)c1ccc(C)cc1. The molecule has 0 saturated carbocycles. The molecule has 0 aliphatic carbocycles. The van der Waals surface area contributed by atoms with Crippen molar-refractivity contribution in [3.05, 3.63) is 54.1 Å². The summed E-state index contributed by atoms with van der Waals surface area (Å²) in [5.74, 6) is 0.459. The van der Waals surface area contributed by atoms with Crippen molar-refractivity contribution in [2.24, 2.45) is 0 Å². The highest BCUT2D eigenvalue weighted by Crippen LogP contribution is 2.21. The number of benzene rings is 2. The van der Waals surface area contributed by atoms with Crippen LogP contribution in [-0.4, -0.2) is 30.8 Å². The lowest BCUT2D eigenvalue weighted by molar-refractivity contribution is 0.139. The first-order valence-corrected chi connectivity index (χ1v) is 9.98. The minimum absolute atomic E-state index is 0.416. The van der Waals surface area contributed by atoms with E-state index in [1.807, 2.05) is 50.2 Å². The van der Waals surface area contributed by atoms with Crippen molar-refractivity contribution in [3.63, 3.8) is 0 Å². The second-order valence-electron chi connectivity index (χ2n) is 6.40. The minimum atomic E-state index is -0.445. The van der Waals surface area contributed by atoms with Gasteiger partial charge in [0.1, 0.15) is 5.75 Å². The van der Waals surface area contributed by atoms with Crippen LogP contribution in [0.5, 0.6) is 5.75 Å². The normalized spacial score (nSPS) is 10.4. The smallest absolute Gasteiger partial charge is 0.410 e. The molecule has 2 aromatic carbocycles. The largest absolute Gasteiger partial charge is 0.419 e. The predicted molar refractivity (Wildman–Crippen MR) is 119 cm³/mol. The molecule has 0 unspecified atom stereocenters. The first-order chi connectivity index (χ1) is 13.5. The number of anilines is 2. The number of carbonyl (C=O) groups excluding carboxylic acids is 1. The van der Waals surface area contributed by atoms with Gasteiger partial charge in [-0.1, -0.05) is 49.8 Å². The summed E-state index contributed by atoms with van der Waals surface area (Å²) in [6.45, 7) is 7.58. The number of nitrogens with one attached hydrogen (secondary N) is 1. The van der Waals surface area contributed by atoms with E-state index in [0.717, 1.165) is 34.8 Å². The van der Waals surface area contributed by atoms with Crippen molar-refractivity contribution in [1.29, 1.82) is 0 Å². The van der Waals surface area contributed by atoms with Crippen LogP contribution in [0.15, 0.2) is 48.5 Å². The van der Waals surface area contributed by atoms with E-state index >= 15 is 0 Å². The molecule has 6 heteroatoms. The molecule has 1 N–H and O–H groups in total. The molecule has 2 aromatic rings. The number of thiocarbonyl (C=S) groups is 1. The molecular formula is C22H28N2O3S. The molecule has 0 spiro atoms. The van der Waals surface area contributed by atoms with Gasteiger partial charge in [0, 0.05) is 24.0 Å². The molecule has 28 heavy (non-hydrogen) atoms. The summed E-state index contributed by atoms with van der Waals surface area (Å²) >= 11 is 5.21. The number of nitrogens with zero attached hydrogens (tertiary/aromatic N) is 1. The highest BCUT2D eigenvalue weighted by molar-refractivity contribution is 7.80. The van der Waals surface area contributed by atoms with Crippen LogP contribution in [0.2, 0.25) is 0 Å². The van der Waals surface area contributed by atoms with Gasteiger partial charge in [0.25, 0.3) is 0 Å². The van der Waals surface area contributed by atoms with Crippen LogP contribution < -0.4 is 15.0 Å². The topological polar surface area (TPSA) is 50.8 Å². The maximum Gasteiger partial charge on any atom is 0.419 e. The number of hydrogen-bond acceptors (Lipinski definition) is 4. The fourth-order valence-electron chi connectivity index (χ4n) is 2.50. The maximum atomic E-state index is 12.9. The monoisotopic (exact) mass is 400 g/mol. The van der Waals surface area contributed by atoms with E-state index in [4.69, 9.17) is 21.7 Å². The quantitative estimate of drug-likeness (QED) is 0.440. The van der Waals surface area contributed by atoms with Crippen LogP contribution in [0.4, 0.5) is 16.2 Å². The Hall–Kier alpha value is -2.44. The number of amides is 1. The number of aryl methyl sites for hydroxylation is 1. The predicted octanol–water partition coefficient (Wildman–Crippen LogP) is 5.58. The van der Waals surface area contributed by atoms with E-state index < -0.39 is 6.09 Å². The molecule has 2 rings (SSSR count). The molecule has 0 heterocycles. The molecule has 0 bridgehead atoms. The summed E-state index contributed by atoms with van der Waals surface area (Å²) < 4.78 is 11.2. The van der Waals surface area contributed by atoms with Gasteiger partial charge in [0.05, 0.1) is 18.1 Å². The second kappa shape index (κ2) is 11.4. The summed E-state index contributed by atoms with van der Waals surface area (Å²) in [6.07, 6.45) is 1.24. The van der Waals surface area contributed by atoms with E-state index in [-0.39, 0.29) is 0 Å². The van der Waals surface area contributed by atoms with Crippen LogP contribution in [0.1, 0.15) is 32.3 Å². The lowest BCUT2D eigenvalue weighted by Crippen LogP contribution is -2.36. The summed E-state index contributed by atoms with van der Waals surface area (Å²) in [5, 5.41) is 3.13. The van der Waals surface area contributed by atoms with E-state index in [9.17, 15) is 4.79 Å². The zero-order valence-electron chi connectivity index (χ0n) is 16.7. The van der Waals surface area contributed by atoms with Crippen LogP contribution in [0.25, 0.3) is 0 Å². The molecule has 0 aromatic heterocycles. The fraction of sp³-hybridized carbons (Fsp3) is 0.364. The molecule has 0 saturated heterocycles. The first kappa shape index (κ1) is 21.9. The standard InChI is InChI=1S/C22H28N2O3S/c1-4-14-26-15-13-24(19-11-9-17(3)10-12-19)22(25)27-20-8-6-7-18(16-20)23-21(28)5-2/h6-12,16H,4-5,13-15H2,1-3H3,(H,23,28). The van der Waals surface area contributed by atoms with Crippen molar-refractivity contribution in [1.82, 2.24) is 0 Å². The van der Waals surface area contributed by atoms with E-state index in [1.165, 1.54) is 0 Å². The van der Waals surface area contributed by atoms with Gasteiger partial charge in [0.2, 0.25) is 0 Å². The number of carbonyl (C=O) groups is 1. The van der Waals surface area contributed by atoms with Gasteiger partial charge in [-0.3, -0.25) is 4.90 Å². The molecule has 0 fully saturated rings. The molecule has 5 nitrogen and oxygen atoms in total. The zero-order chi connectivity index (χ0) is 20.4. The number of rotatable bonds is 9. The summed E-state index contributed by atoms with van der Waals surface area (Å²) in [7, 11) is 0. The number of hydrogen-bond donors (Lipinski definition) is 1. The third-order valence-electron chi connectivity index (χ3n) is 4.02. The average Bonchev–Trinajstić information content (AvgIpc) is 2.69. The van der Waals surface area contributed by atoms with Gasteiger partial charge in [-0.05, 0) is 44.0 Å². The molecule has 0 radical (unpaired) electrons. The van der Waals surface area contributed by atoms with Crippen molar-refractivity contribution < 1.29 is 14.3 Å². The summed E-state index contributed by atoms with van der Waals surface area (Å²) in [5.41, 5.74) is 2.70. The van der Waals surface area contributed by atoms with Crippen molar-refractivity contribution >= 4 is 34.7 Å². The first-order valence-electron chi connectivity index (χ1n) is 9.57. The Labute approximate surface area is 172 Å². The van der Waals surface area contributed by atoms with Crippen LogP contribution in [0, 0.1) is 6.92 Å². The summed E-state index contributed by atoms with van der Waals surface area (Å²) in [4.78, 5) is 15.2. The minimum Gasteiger partial charge on any atom is -0.410 e. The molecule has 1 amide bonds. The highest BCUT2D eigenvalue weighted by Gasteiger charge is 2.18. The molecule has 0 atom stereocenters. The molecule has 150 valence electrons.